The first kappa shape index (κ1) is 22.9. The van der Waals surface area contributed by atoms with Crippen LogP contribution in [0.5, 0.6) is 5.75 Å². The summed E-state index contributed by atoms with van der Waals surface area (Å²) < 4.78 is 50.3. The summed E-state index contributed by atoms with van der Waals surface area (Å²) in [4.78, 5) is 15.9. The third-order valence-electron chi connectivity index (χ3n) is 6.17. The van der Waals surface area contributed by atoms with Crippen molar-refractivity contribution >= 4 is 5.97 Å². The molecule has 0 radical (unpaired) electrons. The van der Waals surface area contributed by atoms with E-state index in [1.54, 1.807) is 6.92 Å². The van der Waals surface area contributed by atoms with Crippen molar-refractivity contribution in [1.29, 1.82) is 0 Å². The van der Waals surface area contributed by atoms with E-state index in [2.05, 4.69) is 4.98 Å². The topological polar surface area (TPSA) is 72.6 Å². The van der Waals surface area contributed by atoms with E-state index < -0.39 is 23.1 Å². The molecule has 0 aliphatic heterocycles. The number of aromatic nitrogens is 1. The van der Waals surface area contributed by atoms with Crippen LogP contribution in [0.15, 0.2) is 52.9 Å². The van der Waals surface area contributed by atoms with Gasteiger partial charge in [-0.2, -0.15) is 13.2 Å². The van der Waals surface area contributed by atoms with E-state index in [1.165, 1.54) is 12.1 Å². The molecule has 3 aromatic rings. The Labute approximate surface area is 189 Å². The molecule has 4 rings (SSSR count). The molecule has 0 amide bonds. The number of hydrogen-bond donors (Lipinski definition) is 1. The smallest absolute Gasteiger partial charge is 0.416 e. The van der Waals surface area contributed by atoms with Crippen LogP contribution in [0.1, 0.15) is 41.8 Å². The first-order chi connectivity index (χ1) is 15.7. The van der Waals surface area contributed by atoms with Crippen LogP contribution >= 0.6 is 0 Å². The zero-order valence-corrected chi connectivity index (χ0v) is 18.1. The normalized spacial score (nSPS) is 15.2. The standard InChI is InChI=1S/C25H24F3NO4/c1-16-21(29-22(33-16)18-4-2-5-19(14-18)25(26,27)28)10-13-32-20-8-6-17(7-9-20)15-24(23(30)31)11-3-12-24/h2,4-9,14H,3,10-13,15H2,1H3,(H,30,31). The van der Waals surface area contributed by atoms with Crippen molar-refractivity contribution in [3.8, 4) is 17.2 Å². The fraction of sp³-hybridized carbons (Fsp3) is 0.360. The maximum atomic E-state index is 13.0. The highest BCUT2D eigenvalue weighted by molar-refractivity contribution is 5.76. The average molecular weight is 459 g/mol. The second-order valence-electron chi connectivity index (χ2n) is 8.46. The van der Waals surface area contributed by atoms with Gasteiger partial charge in [0.25, 0.3) is 0 Å². The largest absolute Gasteiger partial charge is 0.493 e. The quantitative estimate of drug-likeness (QED) is 0.442. The predicted molar refractivity (Wildman–Crippen MR) is 115 cm³/mol. The number of halogens is 3. The van der Waals surface area contributed by atoms with Gasteiger partial charge in [-0.1, -0.05) is 24.6 Å². The van der Waals surface area contributed by atoms with Gasteiger partial charge in [-0.05, 0) is 62.1 Å². The van der Waals surface area contributed by atoms with Crippen LogP contribution in [0.2, 0.25) is 0 Å². The van der Waals surface area contributed by atoms with Gasteiger partial charge >= 0.3 is 12.1 Å². The Balaban J connectivity index is 1.35. The van der Waals surface area contributed by atoms with Crippen molar-refractivity contribution in [1.82, 2.24) is 4.98 Å². The Morgan fingerprint density at radius 1 is 1.18 bits per heavy atom. The fourth-order valence-electron chi connectivity index (χ4n) is 4.04. The molecule has 174 valence electrons. The van der Waals surface area contributed by atoms with Gasteiger partial charge in [-0.25, -0.2) is 4.98 Å². The molecular weight excluding hydrogens is 435 g/mol. The van der Waals surface area contributed by atoms with Crippen molar-refractivity contribution in [2.45, 2.75) is 45.2 Å². The maximum Gasteiger partial charge on any atom is 0.416 e. The number of alkyl halides is 3. The van der Waals surface area contributed by atoms with Crippen molar-refractivity contribution in [3.63, 3.8) is 0 Å². The van der Waals surface area contributed by atoms with Gasteiger partial charge in [0.05, 0.1) is 23.3 Å². The molecule has 0 bridgehead atoms. The van der Waals surface area contributed by atoms with Crippen LogP contribution in [-0.4, -0.2) is 22.7 Å². The maximum absolute atomic E-state index is 13.0. The molecule has 0 atom stereocenters. The lowest BCUT2D eigenvalue weighted by atomic mass is 9.65. The lowest BCUT2D eigenvalue weighted by Crippen LogP contribution is -2.39. The minimum Gasteiger partial charge on any atom is -0.493 e. The van der Waals surface area contributed by atoms with E-state index >= 15 is 0 Å². The second kappa shape index (κ2) is 8.92. The second-order valence-corrected chi connectivity index (χ2v) is 8.46. The number of rotatable bonds is 8. The summed E-state index contributed by atoms with van der Waals surface area (Å²) in [6.07, 6.45) is -1.13. The van der Waals surface area contributed by atoms with Gasteiger partial charge in [-0.15, -0.1) is 0 Å². The molecular formula is C25H24F3NO4. The minimum atomic E-state index is -4.43. The van der Waals surface area contributed by atoms with Crippen LogP contribution in [0.25, 0.3) is 11.5 Å². The third kappa shape index (κ3) is 5.05. The zero-order valence-electron chi connectivity index (χ0n) is 18.1. The number of aryl methyl sites for hydroxylation is 1. The average Bonchev–Trinajstić information content (AvgIpc) is 3.11. The predicted octanol–water partition coefficient (Wildman–Crippen LogP) is 6.09. The molecule has 1 heterocycles. The molecule has 8 heteroatoms. The first-order valence-electron chi connectivity index (χ1n) is 10.8. The van der Waals surface area contributed by atoms with Gasteiger partial charge in [0.15, 0.2) is 0 Å². The Morgan fingerprint density at radius 3 is 2.52 bits per heavy atom. The van der Waals surface area contributed by atoms with E-state index in [9.17, 15) is 23.1 Å². The molecule has 1 aliphatic rings. The van der Waals surface area contributed by atoms with Crippen molar-refractivity contribution in [2.24, 2.45) is 5.41 Å². The lowest BCUT2D eigenvalue weighted by Gasteiger charge is -2.37. The summed E-state index contributed by atoms with van der Waals surface area (Å²) in [6, 6.07) is 12.3. The number of nitrogens with zero attached hydrogens (tertiary/aromatic N) is 1. The zero-order chi connectivity index (χ0) is 23.6. The monoisotopic (exact) mass is 459 g/mol. The molecule has 1 fully saturated rings. The highest BCUT2D eigenvalue weighted by Gasteiger charge is 2.44. The van der Waals surface area contributed by atoms with Gasteiger partial charge in [0.1, 0.15) is 11.5 Å². The highest BCUT2D eigenvalue weighted by Crippen LogP contribution is 2.44. The van der Waals surface area contributed by atoms with Gasteiger partial charge in [-0.3, -0.25) is 4.79 Å². The molecule has 1 N–H and O–H groups in total. The van der Waals surface area contributed by atoms with Crippen LogP contribution in [0.3, 0.4) is 0 Å². The minimum absolute atomic E-state index is 0.140. The summed E-state index contributed by atoms with van der Waals surface area (Å²) >= 11 is 0. The number of oxazole rings is 1. The van der Waals surface area contributed by atoms with Crippen LogP contribution in [-0.2, 0) is 23.8 Å². The SMILES string of the molecule is Cc1oc(-c2cccc(C(F)(F)F)c2)nc1CCOc1ccc(CC2(C(=O)O)CCC2)cc1. The number of ether oxygens (including phenoxy) is 1. The molecule has 1 aliphatic carbocycles. The van der Waals surface area contributed by atoms with Crippen molar-refractivity contribution < 1.29 is 32.2 Å². The Morgan fingerprint density at radius 2 is 1.91 bits per heavy atom. The Hall–Kier alpha value is -3.29. The molecule has 1 aromatic heterocycles. The first-order valence-corrected chi connectivity index (χ1v) is 10.8. The van der Waals surface area contributed by atoms with Gasteiger partial charge in [0.2, 0.25) is 5.89 Å². The lowest BCUT2D eigenvalue weighted by molar-refractivity contribution is -0.154. The number of aliphatic carboxylic acids is 1. The number of hydrogen-bond acceptors (Lipinski definition) is 4. The molecule has 5 nitrogen and oxygen atoms in total. The van der Waals surface area contributed by atoms with E-state index in [0.717, 1.165) is 24.1 Å². The molecule has 0 unspecified atom stereocenters. The van der Waals surface area contributed by atoms with Crippen LogP contribution in [0, 0.1) is 12.3 Å². The molecule has 1 saturated carbocycles. The van der Waals surface area contributed by atoms with E-state index in [4.69, 9.17) is 9.15 Å². The summed E-state index contributed by atoms with van der Waals surface area (Å²) in [5.41, 5.74) is 0.455. The summed E-state index contributed by atoms with van der Waals surface area (Å²) in [6.45, 7) is 2.03. The summed E-state index contributed by atoms with van der Waals surface area (Å²) in [5, 5.41) is 9.48. The number of carboxylic acids is 1. The van der Waals surface area contributed by atoms with E-state index in [-0.39, 0.29) is 11.5 Å². The van der Waals surface area contributed by atoms with E-state index in [1.807, 2.05) is 24.3 Å². The number of benzene rings is 2. The van der Waals surface area contributed by atoms with Crippen molar-refractivity contribution in [2.75, 3.05) is 6.61 Å². The molecule has 2 aromatic carbocycles. The summed E-state index contributed by atoms with van der Waals surface area (Å²) in [5.74, 6) is 0.583. The Kier molecular flexibility index (Phi) is 6.19. The number of carbonyl (C=O) groups is 1. The third-order valence-corrected chi connectivity index (χ3v) is 6.17. The van der Waals surface area contributed by atoms with Gasteiger partial charge in [0, 0.05) is 12.0 Å². The van der Waals surface area contributed by atoms with Crippen LogP contribution in [0.4, 0.5) is 13.2 Å². The van der Waals surface area contributed by atoms with E-state index in [0.29, 0.717) is 49.5 Å². The number of carboxylic acid groups (broad SMARTS) is 1. The molecule has 0 saturated heterocycles. The fourth-order valence-corrected chi connectivity index (χ4v) is 4.04. The van der Waals surface area contributed by atoms with Crippen molar-refractivity contribution in [3.05, 3.63) is 71.1 Å². The van der Waals surface area contributed by atoms with Crippen LogP contribution < -0.4 is 4.74 Å². The molecule has 0 spiro atoms. The Bertz CT molecular complexity index is 1130. The van der Waals surface area contributed by atoms with Gasteiger partial charge < -0.3 is 14.3 Å². The molecule has 33 heavy (non-hydrogen) atoms. The highest BCUT2D eigenvalue weighted by atomic mass is 19.4. The summed E-state index contributed by atoms with van der Waals surface area (Å²) in [7, 11) is 0.